The first-order valence-electron chi connectivity index (χ1n) is 4.42. The molecule has 94 valence electrons. The SMILES string of the molecule is NC(CC(=O)O)c1ncc(C(F)(F)F)cc1Cl. The number of alkyl halides is 3. The summed E-state index contributed by atoms with van der Waals surface area (Å²) in [4.78, 5) is 13.8. The van der Waals surface area contributed by atoms with E-state index in [1.54, 1.807) is 0 Å². The van der Waals surface area contributed by atoms with E-state index in [-0.39, 0.29) is 10.7 Å². The summed E-state index contributed by atoms with van der Waals surface area (Å²) in [5, 5.41) is 8.19. The lowest BCUT2D eigenvalue weighted by molar-refractivity contribution is -0.138. The van der Waals surface area contributed by atoms with E-state index in [1.807, 2.05) is 0 Å². The van der Waals surface area contributed by atoms with Crippen molar-refractivity contribution in [2.45, 2.75) is 18.6 Å². The minimum atomic E-state index is -4.55. The van der Waals surface area contributed by atoms with Gasteiger partial charge in [-0.3, -0.25) is 9.78 Å². The van der Waals surface area contributed by atoms with Crippen molar-refractivity contribution >= 4 is 17.6 Å². The highest BCUT2D eigenvalue weighted by Crippen LogP contribution is 2.32. The maximum absolute atomic E-state index is 12.3. The van der Waals surface area contributed by atoms with Crippen LogP contribution in [0.1, 0.15) is 23.7 Å². The molecular weight excluding hydrogens is 261 g/mol. The number of carboxylic acids is 1. The van der Waals surface area contributed by atoms with Crippen LogP contribution in [-0.4, -0.2) is 16.1 Å². The normalized spacial score (nSPS) is 13.5. The Morgan fingerprint density at radius 2 is 2.18 bits per heavy atom. The van der Waals surface area contributed by atoms with Gasteiger partial charge in [-0.1, -0.05) is 11.6 Å². The van der Waals surface area contributed by atoms with Gasteiger partial charge in [0.2, 0.25) is 0 Å². The molecule has 0 spiro atoms. The van der Waals surface area contributed by atoms with Crippen molar-refractivity contribution in [2.24, 2.45) is 5.73 Å². The Labute approximate surface area is 99.2 Å². The summed E-state index contributed by atoms with van der Waals surface area (Å²) in [6.45, 7) is 0. The Morgan fingerprint density at radius 3 is 2.59 bits per heavy atom. The summed E-state index contributed by atoms with van der Waals surface area (Å²) >= 11 is 5.58. The fourth-order valence-corrected chi connectivity index (χ4v) is 1.47. The summed E-state index contributed by atoms with van der Waals surface area (Å²) in [5.41, 5.74) is 4.37. The number of pyridine rings is 1. The zero-order valence-corrected chi connectivity index (χ0v) is 9.09. The van der Waals surface area contributed by atoms with Gasteiger partial charge >= 0.3 is 12.1 Å². The number of carboxylic acid groups (broad SMARTS) is 1. The summed E-state index contributed by atoms with van der Waals surface area (Å²) in [7, 11) is 0. The van der Waals surface area contributed by atoms with Crippen LogP contribution in [0.3, 0.4) is 0 Å². The molecule has 3 N–H and O–H groups in total. The van der Waals surface area contributed by atoms with Crippen molar-refractivity contribution in [1.82, 2.24) is 4.98 Å². The molecule has 0 aliphatic carbocycles. The first kappa shape index (κ1) is 13.7. The molecule has 0 amide bonds. The van der Waals surface area contributed by atoms with Crippen LogP contribution in [-0.2, 0) is 11.0 Å². The molecule has 1 unspecified atom stereocenters. The van der Waals surface area contributed by atoms with Crippen LogP contribution in [0, 0.1) is 0 Å². The molecular formula is C9H8ClF3N2O2. The molecule has 0 saturated carbocycles. The van der Waals surface area contributed by atoms with Crippen LogP contribution in [0.15, 0.2) is 12.3 Å². The number of aromatic nitrogens is 1. The third-order valence-corrected chi connectivity index (χ3v) is 2.25. The van der Waals surface area contributed by atoms with Crippen molar-refractivity contribution < 1.29 is 23.1 Å². The second kappa shape index (κ2) is 4.89. The Kier molecular flexibility index (Phi) is 3.94. The summed E-state index contributed by atoms with van der Waals surface area (Å²) < 4.78 is 36.9. The highest BCUT2D eigenvalue weighted by atomic mass is 35.5. The van der Waals surface area contributed by atoms with E-state index in [9.17, 15) is 18.0 Å². The molecule has 0 saturated heterocycles. The van der Waals surface area contributed by atoms with Gasteiger partial charge in [-0.05, 0) is 6.07 Å². The lowest BCUT2D eigenvalue weighted by Gasteiger charge is -2.12. The average Bonchev–Trinajstić information content (AvgIpc) is 2.14. The van der Waals surface area contributed by atoms with E-state index in [0.717, 1.165) is 0 Å². The van der Waals surface area contributed by atoms with Gasteiger partial charge in [-0.15, -0.1) is 0 Å². The quantitative estimate of drug-likeness (QED) is 0.881. The number of hydrogen-bond donors (Lipinski definition) is 2. The van der Waals surface area contributed by atoms with Gasteiger partial charge in [-0.25, -0.2) is 0 Å². The fourth-order valence-electron chi connectivity index (χ4n) is 1.16. The van der Waals surface area contributed by atoms with Crippen LogP contribution >= 0.6 is 11.6 Å². The number of aliphatic carboxylic acids is 1. The van der Waals surface area contributed by atoms with Crippen molar-refractivity contribution in [3.8, 4) is 0 Å². The number of hydrogen-bond acceptors (Lipinski definition) is 3. The van der Waals surface area contributed by atoms with Crippen molar-refractivity contribution in [3.63, 3.8) is 0 Å². The fraction of sp³-hybridized carbons (Fsp3) is 0.333. The van der Waals surface area contributed by atoms with Gasteiger partial charge in [0.25, 0.3) is 0 Å². The molecule has 17 heavy (non-hydrogen) atoms. The van der Waals surface area contributed by atoms with Gasteiger partial charge in [-0.2, -0.15) is 13.2 Å². The molecule has 4 nitrogen and oxygen atoms in total. The molecule has 0 aliphatic rings. The minimum Gasteiger partial charge on any atom is -0.481 e. The van der Waals surface area contributed by atoms with E-state index in [0.29, 0.717) is 12.3 Å². The monoisotopic (exact) mass is 268 g/mol. The van der Waals surface area contributed by atoms with E-state index in [4.69, 9.17) is 22.4 Å². The maximum Gasteiger partial charge on any atom is 0.417 e. The minimum absolute atomic E-state index is 0.0675. The van der Waals surface area contributed by atoms with Crippen LogP contribution < -0.4 is 5.73 Å². The predicted octanol–water partition coefficient (Wildman–Crippen LogP) is 2.23. The average molecular weight is 269 g/mol. The van der Waals surface area contributed by atoms with Gasteiger partial charge in [0.1, 0.15) is 0 Å². The molecule has 1 aromatic heterocycles. The molecule has 0 fully saturated rings. The molecule has 0 radical (unpaired) electrons. The van der Waals surface area contributed by atoms with Gasteiger partial charge in [0, 0.05) is 6.20 Å². The van der Waals surface area contributed by atoms with Gasteiger partial charge < -0.3 is 10.8 Å². The van der Waals surface area contributed by atoms with Crippen LogP contribution in [0.2, 0.25) is 5.02 Å². The lowest BCUT2D eigenvalue weighted by atomic mass is 10.1. The number of halogens is 4. The number of rotatable bonds is 3. The predicted molar refractivity (Wildman–Crippen MR) is 53.4 cm³/mol. The zero-order valence-electron chi connectivity index (χ0n) is 8.33. The number of nitrogens with zero attached hydrogens (tertiary/aromatic N) is 1. The lowest BCUT2D eigenvalue weighted by Crippen LogP contribution is -2.17. The van der Waals surface area contributed by atoms with Gasteiger partial charge in [0.15, 0.2) is 0 Å². The Balaban J connectivity index is 3.02. The Hall–Kier alpha value is -1.34. The van der Waals surface area contributed by atoms with E-state index < -0.39 is 30.2 Å². The second-order valence-corrected chi connectivity index (χ2v) is 3.70. The molecule has 0 aromatic carbocycles. The Morgan fingerprint density at radius 1 is 1.59 bits per heavy atom. The summed E-state index contributed by atoms with van der Waals surface area (Å²) in [6.07, 6.45) is -4.44. The second-order valence-electron chi connectivity index (χ2n) is 3.29. The van der Waals surface area contributed by atoms with Gasteiger partial charge in [0.05, 0.1) is 28.7 Å². The van der Waals surface area contributed by atoms with E-state index in [2.05, 4.69) is 4.98 Å². The van der Waals surface area contributed by atoms with Crippen molar-refractivity contribution in [2.75, 3.05) is 0 Å². The molecule has 1 heterocycles. The third-order valence-electron chi connectivity index (χ3n) is 1.94. The molecule has 1 atom stereocenters. The standard InChI is InChI=1S/C9H8ClF3N2O2/c10-5-1-4(9(11,12)13)3-15-8(5)6(14)2-7(16)17/h1,3,6H,2,14H2,(H,16,17). The number of nitrogens with two attached hydrogens (primary N) is 1. The van der Waals surface area contributed by atoms with E-state index in [1.165, 1.54) is 0 Å². The molecule has 1 aromatic rings. The topological polar surface area (TPSA) is 76.2 Å². The number of carbonyl (C=O) groups is 1. The summed E-state index contributed by atoms with van der Waals surface area (Å²) in [5.74, 6) is -1.18. The molecule has 8 heteroatoms. The van der Waals surface area contributed by atoms with E-state index >= 15 is 0 Å². The largest absolute Gasteiger partial charge is 0.481 e. The van der Waals surface area contributed by atoms with Crippen molar-refractivity contribution in [3.05, 3.63) is 28.5 Å². The van der Waals surface area contributed by atoms with Crippen LogP contribution in [0.4, 0.5) is 13.2 Å². The highest BCUT2D eigenvalue weighted by molar-refractivity contribution is 6.31. The first-order valence-corrected chi connectivity index (χ1v) is 4.79. The Bertz CT molecular complexity index is 437. The molecule has 1 rings (SSSR count). The first-order chi connectivity index (χ1) is 7.71. The summed E-state index contributed by atoms with van der Waals surface area (Å²) in [6, 6.07) is -0.367. The zero-order chi connectivity index (χ0) is 13.2. The molecule has 0 bridgehead atoms. The van der Waals surface area contributed by atoms with Crippen LogP contribution in [0.25, 0.3) is 0 Å². The maximum atomic E-state index is 12.3. The smallest absolute Gasteiger partial charge is 0.417 e. The van der Waals surface area contributed by atoms with Crippen molar-refractivity contribution in [1.29, 1.82) is 0 Å². The molecule has 0 aliphatic heterocycles. The van der Waals surface area contributed by atoms with Crippen LogP contribution in [0.5, 0.6) is 0 Å². The highest BCUT2D eigenvalue weighted by Gasteiger charge is 2.32. The third kappa shape index (κ3) is 3.57.